The predicted molar refractivity (Wildman–Crippen MR) is 91.1 cm³/mol. The number of nitrogens with one attached hydrogen (secondary N) is 2. The second-order valence-electron chi connectivity index (χ2n) is 6.80. The van der Waals surface area contributed by atoms with E-state index >= 15 is 0 Å². The first-order valence-corrected chi connectivity index (χ1v) is 8.49. The van der Waals surface area contributed by atoms with E-state index in [1.807, 2.05) is 0 Å². The number of nitro benzene ring substituents is 1. The normalized spacial score (nSPS) is 23.2. The predicted octanol–water partition coefficient (Wildman–Crippen LogP) is 1.42. The second kappa shape index (κ2) is 6.74. The van der Waals surface area contributed by atoms with Crippen molar-refractivity contribution in [2.75, 3.05) is 6.54 Å². The Hall–Kier alpha value is -2.97. The Kier molecular flexibility index (Phi) is 4.62. The number of non-ortho nitro benzene ring substituents is 1. The van der Waals surface area contributed by atoms with Gasteiger partial charge in [-0.05, 0) is 37.5 Å². The number of urea groups is 1. The van der Waals surface area contributed by atoms with Crippen LogP contribution in [0.15, 0.2) is 24.3 Å². The highest BCUT2D eigenvalue weighted by atomic mass is 16.6. The minimum Gasteiger partial charge on any atom is -0.352 e. The fourth-order valence-electron chi connectivity index (χ4n) is 3.44. The highest BCUT2D eigenvalue weighted by Gasteiger charge is 2.49. The maximum atomic E-state index is 12.8. The lowest BCUT2D eigenvalue weighted by molar-refractivity contribution is -0.384. The van der Waals surface area contributed by atoms with Crippen molar-refractivity contribution in [1.29, 1.82) is 0 Å². The number of nitrogens with zero attached hydrogens (tertiary/aromatic N) is 2. The number of carbonyl (C=O) groups excluding carboxylic acids is 3. The van der Waals surface area contributed by atoms with Gasteiger partial charge in [0.1, 0.15) is 12.1 Å². The number of carbonyl (C=O) groups is 3. The number of imide groups is 1. The Morgan fingerprint density at radius 3 is 2.50 bits per heavy atom. The Morgan fingerprint density at radius 2 is 1.92 bits per heavy atom. The van der Waals surface area contributed by atoms with Gasteiger partial charge in [0.15, 0.2) is 0 Å². The van der Waals surface area contributed by atoms with Crippen LogP contribution in [-0.2, 0) is 15.1 Å². The van der Waals surface area contributed by atoms with Crippen molar-refractivity contribution >= 4 is 23.5 Å². The molecule has 1 atom stereocenters. The third-order valence-electron chi connectivity index (χ3n) is 4.95. The molecule has 1 heterocycles. The molecule has 0 spiro atoms. The van der Waals surface area contributed by atoms with E-state index in [4.69, 9.17) is 0 Å². The minimum atomic E-state index is -1.36. The number of amides is 4. The van der Waals surface area contributed by atoms with Crippen LogP contribution in [0.3, 0.4) is 0 Å². The number of nitro groups is 1. The lowest BCUT2D eigenvalue weighted by atomic mass is 9.92. The standard InChI is InChI=1S/C17H20N4O5/c1-17(11-6-8-13(9-7-11)21(25)26)15(23)20(16(24)19-17)10-14(22)18-12-4-2-3-5-12/h6-9,12H,2-5,10H2,1H3,(H,18,22)(H,19,24)/t17-/m0/s1. The van der Waals surface area contributed by atoms with Crippen molar-refractivity contribution in [3.05, 3.63) is 39.9 Å². The Balaban J connectivity index is 1.72. The summed E-state index contributed by atoms with van der Waals surface area (Å²) in [6.45, 7) is 1.17. The van der Waals surface area contributed by atoms with Gasteiger partial charge in [-0.1, -0.05) is 12.8 Å². The topological polar surface area (TPSA) is 122 Å². The molecule has 1 aliphatic carbocycles. The van der Waals surface area contributed by atoms with Gasteiger partial charge >= 0.3 is 6.03 Å². The fourth-order valence-corrected chi connectivity index (χ4v) is 3.44. The number of hydrogen-bond donors (Lipinski definition) is 2. The van der Waals surface area contributed by atoms with Crippen LogP contribution >= 0.6 is 0 Å². The first kappa shape index (κ1) is 17.8. The van der Waals surface area contributed by atoms with Crippen molar-refractivity contribution in [2.24, 2.45) is 0 Å². The molecule has 1 aliphatic heterocycles. The molecule has 3 rings (SSSR count). The van der Waals surface area contributed by atoms with Crippen LogP contribution in [0.25, 0.3) is 0 Å². The molecule has 0 bridgehead atoms. The fraction of sp³-hybridized carbons (Fsp3) is 0.471. The zero-order chi connectivity index (χ0) is 18.9. The van der Waals surface area contributed by atoms with E-state index in [1.165, 1.54) is 31.2 Å². The lowest BCUT2D eigenvalue weighted by Gasteiger charge is -2.22. The van der Waals surface area contributed by atoms with Gasteiger partial charge in [0.05, 0.1) is 4.92 Å². The maximum Gasteiger partial charge on any atom is 0.325 e. The molecular formula is C17H20N4O5. The van der Waals surface area contributed by atoms with Gasteiger partial charge in [-0.3, -0.25) is 24.6 Å². The molecule has 2 fully saturated rings. The molecule has 26 heavy (non-hydrogen) atoms. The first-order valence-electron chi connectivity index (χ1n) is 8.49. The van der Waals surface area contributed by atoms with E-state index in [2.05, 4.69) is 10.6 Å². The van der Waals surface area contributed by atoms with Gasteiger partial charge in [0.25, 0.3) is 11.6 Å². The van der Waals surface area contributed by atoms with Crippen molar-refractivity contribution in [3.63, 3.8) is 0 Å². The minimum absolute atomic E-state index is 0.101. The summed E-state index contributed by atoms with van der Waals surface area (Å²) in [6, 6.07) is 4.85. The summed E-state index contributed by atoms with van der Waals surface area (Å²) >= 11 is 0. The largest absolute Gasteiger partial charge is 0.352 e. The molecule has 9 heteroatoms. The maximum absolute atomic E-state index is 12.8. The molecular weight excluding hydrogens is 340 g/mol. The summed E-state index contributed by atoms with van der Waals surface area (Å²) < 4.78 is 0. The number of benzene rings is 1. The molecule has 1 aromatic carbocycles. The van der Waals surface area contributed by atoms with E-state index in [1.54, 1.807) is 0 Å². The quantitative estimate of drug-likeness (QED) is 0.467. The van der Waals surface area contributed by atoms with Crippen LogP contribution in [0.4, 0.5) is 10.5 Å². The van der Waals surface area contributed by atoms with E-state index < -0.39 is 22.4 Å². The van der Waals surface area contributed by atoms with E-state index in [0.29, 0.717) is 5.56 Å². The van der Waals surface area contributed by atoms with Crippen molar-refractivity contribution in [2.45, 2.75) is 44.2 Å². The highest BCUT2D eigenvalue weighted by molar-refractivity contribution is 6.09. The number of hydrogen-bond acceptors (Lipinski definition) is 5. The third kappa shape index (κ3) is 3.24. The third-order valence-corrected chi connectivity index (χ3v) is 4.95. The van der Waals surface area contributed by atoms with Gasteiger partial charge in [-0.2, -0.15) is 0 Å². The Bertz CT molecular complexity index is 757. The molecule has 0 unspecified atom stereocenters. The lowest BCUT2D eigenvalue weighted by Crippen LogP contribution is -2.45. The molecule has 1 saturated carbocycles. The van der Waals surface area contributed by atoms with Crippen molar-refractivity contribution in [3.8, 4) is 0 Å². The smallest absolute Gasteiger partial charge is 0.325 e. The van der Waals surface area contributed by atoms with E-state index in [9.17, 15) is 24.5 Å². The van der Waals surface area contributed by atoms with Gasteiger partial charge in [-0.15, -0.1) is 0 Å². The first-order chi connectivity index (χ1) is 12.3. The summed E-state index contributed by atoms with van der Waals surface area (Å²) in [5.74, 6) is -0.925. The summed E-state index contributed by atoms with van der Waals surface area (Å²) in [5, 5.41) is 16.2. The molecule has 2 aliphatic rings. The van der Waals surface area contributed by atoms with Crippen LogP contribution in [0.2, 0.25) is 0 Å². The van der Waals surface area contributed by atoms with Crippen LogP contribution < -0.4 is 10.6 Å². The monoisotopic (exact) mass is 360 g/mol. The molecule has 2 N–H and O–H groups in total. The summed E-state index contributed by atoms with van der Waals surface area (Å²) in [4.78, 5) is 48.2. The van der Waals surface area contributed by atoms with Crippen molar-refractivity contribution < 1.29 is 19.3 Å². The van der Waals surface area contributed by atoms with Gasteiger partial charge < -0.3 is 10.6 Å². The molecule has 0 radical (unpaired) electrons. The summed E-state index contributed by atoms with van der Waals surface area (Å²) in [7, 11) is 0. The van der Waals surface area contributed by atoms with Crippen LogP contribution in [0, 0.1) is 10.1 Å². The molecule has 9 nitrogen and oxygen atoms in total. The van der Waals surface area contributed by atoms with Crippen LogP contribution in [0.1, 0.15) is 38.2 Å². The van der Waals surface area contributed by atoms with Crippen LogP contribution in [-0.4, -0.2) is 40.3 Å². The molecule has 138 valence electrons. The number of rotatable bonds is 5. The summed E-state index contributed by atoms with van der Waals surface area (Å²) in [6.07, 6.45) is 3.94. The summed E-state index contributed by atoms with van der Waals surface area (Å²) in [5.41, 5.74) is -1.05. The molecule has 1 aromatic rings. The van der Waals surface area contributed by atoms with E-state index in [-0.39, 0.29) is 24.2 Å². The molecule has 1 saturated heterocycles. The molecule has 0 aromatic heterocycles. The zero-order valence-corrected chi connectivity index (χ0v) is 14.4. The van der Waals surface area contributed by atoms with E-state index in [0.717, 1.165) is 30.6 Å². The van der Waals surface area contributed by atoms with Gasteiger partial charge in [0, 0.05) is 18.2 Å². The second-order valence-corrected chi connectivity index (χ2v) is 6.80. The Morgan fingerprint density at radius 1 is 1.31 bits per heavy atom. The average Bonchev–Trinajstić information content (AvgIpc) is 3.18. The van der Waals surface area contributed by atoms with Crippen LogP contribution in [0.5, 0.6) is 0 Å². The molecule has 4 amide bonds. The SMILES string of the molecule is C[C@@]1(c2ccc([N+](=O)[O-])cc2)NC(=O)N(CC(=O)NC2CCCC2)C1=O. The highest BCUT2D eigenvalue weighted by Crippen LogP contribution is 2.30. The average molecular weight is 360 g/mol. The van der Waals surface area contributed by atoms with Crippen molar-refractivity contribution in [1.82, 2.24) is 15.5 Å². The van der Waals surface area contributed by atoms with Gasteiger partial charge in [0.2, 0.25) is 5.91 Å². The Labute approximate surface area is 149 Å². The zero-order valence-electron chi connectivity index (χ0n) is 14.4. The van der Waals surface area contributed by atoms with Gasteiger partial charge in [-0.25, -0.2) is 4.79 Å².